The van der Waals surface area contributed by atoms with Crippen molar-refractivity contribution < 1.29 is 4.74 Å². The van der Waals surface area contributed by atoms with Crippen LogP contribution >= 0.6 is 0 Å². The van der Waals surface area contributed by atoms with Crippen molar-refractivity contribution in [3.8, 4) is 0 Å². The van der Waals surface area contributed by atoms with Gasteiger partial charge in [-0.25, -0.2) is 0 Å². The third-order valence-corrected chi connectivity index (χ3v) is 3.94. The van der Waals surface area contributed by atoms with Crippen LogP contribution in [0, 0.1) is 5.92 Å². The number of hydrogen-bond acceptors (Lipinski definition) is 3. The molecular formula is C17H28N2O. The van der Waals surface area contributed by atoms with Gasteiger partial charge in [-0.05, 0) is 30.0 Å². The van der Waals surface area contributed by atoms with Gasteiger partial charge in [0.15, 0.2) is 0 Å². The third-order valence-electron chi connectivity index (χ3n) is 3.94. The molecule has 1 aliphatic rings. The standard InChI is InChI=1S/C17H28N2O/c1-14(2)10-18-11-15-6-4-5-7-16(15)12-19-9-8-17(13-19)20-3/h4-7,14,17-18H,8-13H2,1-3H3. The highest BCUT2D eigenvalue weighted by molar-refractivity contribution is 5.27. The number of likely N-dealkylation sites (tertiary alicyclic amines) is 1. The molecule has 3 nitrogen and oxygen atoms in total. The molecule has 0 radical (unpaired) electrons. The summed E-state index contributed by atoms with van der Waals surface area (Å²) in [5.41, 5.74) is 2.87. The van der Waals surface area contributed by atoms with Crippen molar-refractivity contribution in [1.29, 1.82) is 0 Å². The molecule has 0 aromatic heterocycles. The van der Waals surface area contributed by atoms with E-state index in [0.717, 1.165) is 39.1 Å². The Morgan fingerprint density at radius 1 is 1.30 bits per heavy atom. The molecule has 1 atom stereocenters. The van der Waals surface area contributed by atoms with Crippen molar-refractivity contribution in [2.75, 3.05) is 26.7 Å². The lowest BCUT2D eigenvalue weighted by Crippen LogP contribution is -2.24. The highest BCUT2D eigenvalue weighted by atomic mass is 16.5. The van der Waals surface area contributed by atoms with Crippen LogP contribution in [0.5, 0.6) is 0 Å². The minimum absolute atomic E-state index is 0.418. The Hall–Kier alpha value is -0.900. The second-order valence-electron chi connectivity index (χ2n) is 6.17. The largest absolute Gasteiger partial charge is 0.380 e. The summed E-state index contributed by atoms with van der Waals surface area (Å²) in [4.78, 5) is 2.50. The molecule has 2 rings (SSSR count). The van der Waals surface area contributed by atoms with Crippen LogP contribution in [-0.4, -0.2) is 37.7 Å². The molecule has 1 saturated heterocycles. The summed E-state index contributed by atoms with van der Waals surface area (Å²) in [6, 6.07) is 8.78. The zero-order chi connectivity index (χ0) is 14.4. The van der Waals surface area contributed by atoms with E-state index in [1.165, 1.54) is 11.1 Å². The van der Waals surface area contributed by atoms with Crippen molar-refractivity contribution in [2.45, 2.75) is 39.5 Å². The average molecular weight is 276 g/mol. The molecule has 0 bridgehead atoms. The lowest BCUT2D eigenvalue weighted by molar-refractivity contribution is 0.107. The lowest BCUT2D eigenvalue weighted by atomic mass is 10.1. The molecule has 0 spiro atoms. The predicted molar refractivity (Wildman–Crippen MR) is 83.7 cm³/mol. The van der Waals surface area contributed by atoms with Crippen molar-refractivity contribution in [1.82, 2.24) is 10.2 Å². The summed E-state index contributed by atoms with van der Waals surface area (Å²) >= 11 is 0. The summed E-state index contributed by atoms with van der Waals surface area (Å²) < 4.78 is 5.45. The molecule has 20 heavy (non-hydrogen) atoms. The van der Waals surface area contributed by atoms with Crippen molar-refractivity contribution >= 4 is 0 Å². The summed E-state index contributed by atoms with van der Waals surface area (Å²) in [7, 11) is 1.82. The van der Waals surface area contributed by atoms with Gasteiger partial charge in [0.05, 0.1) is 6.10 Å². The monoisotopic (exact) mass is 276 g/mol. The maximum atomic E-state index is 5.45. The molecule has 0 saturated carbocycles. The minimum atomic E-state index is 0.418. The van der Waals surface area contributed by atoms with Gasteiger partial charge in [-0.2, -0.15) is 0 Å². The first-order chi connectivity index (χ1) is 9.69. The number of benzene rings is 1. The second-order valence-corrected chi connectivity index (χ2v) is 6.17. The first-order valence-corrected chi connectivity index (χ1v) is 7.71. The molecule has 1 aromatic rings. The summed E-state index contributed by atoms with van der Waals surface area (Å²) in [5.74, 6) is 0.697. The topological polar surface area (TPSA) is 24.5 Å². The Labute approximate surface area is 123 Å². The van der Waals surface area contributed by atoms with Gasteiger partial charge in [-0.3, -0.25) is 4.90 Å². The Kier molecular flexibility index (Phi) is 6.02. The average Bonchev–Trinajstić information content (AvgIpc) is 2.88. The van der Waals surface area contributed by atoms with Gasteiger partial charge in [0.1, 0.15) is 0 Å². The number of methoxy groups -OCH3 is 1. The van der Waals surface area contributed by atoms with Gasteiger partial charge in [0.25, 0.3) is 0 Å². The normalized spacial score (nSPS) is 19.9. The number of nitrogens with one attached hydrogen (secondary N) is 1. The van der Waals surface area contributed by atoms with E-state index in [1.807, 2.05) is 7.11 Å². The third kappa shape index (κ3) is 4.58. The van der Waals surface area contributed by atoms with E-state index in [-0.39, 0.29) is 0 Å². The lowest BCUT2D eigenvalue weighted by Gasteiger charge is -2.18. The fourth-order valence-corrected chi connectivity index (χ4v) is 2.75. The zero-order valence-electron chi connectivity index (χ0n) is 13.1. The molecule has 1 unspecified atom stereocenters. The van der Waals surface area contributed by atoms with E-state index >= 15 is 0 Å². The highest BCUT2D eigenvalue weighted by Gasteiger charge is 2.22. The van der Waals surface area contributed by atoms with Crippen LogP contribution in [0.25, 0.3) is 0 Å². The van der Waals surface area contributed by atoms with Crippen molar-refractivity contribution in [3.63, 3.8) is 0 Å². The number of hydrogen-bond donors (Lipinski definition) is 1. The number of nitrogens with zero attached hydrogens (tertiary/aromatic N) is 1. The van der Waals surface area contributed by atoms with Crippen LogP contribution in [0.4, 0.5) is 0 Å². The van der Waals surface area contributed by atoms with Gasteiger partial charge >= 0.3 is 0 Å². The number of ether oxygens (including phenoxy) is 1. The number of rotatable bonds is 7. The highest BCUT2D eigenvalue weighted by Crippen LogP contribution is 2.17. The molecule has 1 heterocycles. The van der Waals surface area contributed by atoms with Crippen LogP contribution in [0.1, 0.15) is 31.4 Å². The van der Waals surface area contributed by atoms with Crippen LogP contribution in [0.2, 0.25) is 0 Å². The van der Waals surface area contributed by atoms with E-state index in [1.54, 1.807) is 0 Å². The van der Waals surface area contributed by atoms with E-state index in [9.17, 15) is 0 Å². The molecule has 1 aliphatic heterocycles. The second kappa shape index (κ2) is 7.77. The maximum absolute atomic E-state index is 5.45. The van der Waals surface area contributed by atoms with Crippen molar-refractivity contribution in [3.05, 3.63) is 35.4 Å². The fourth-order valence-electron chi connectivity index (χ4n) is 2.75. The van der Waals surface area contributed by atoms with Gasteiger partial charge in [-0.1, -0.05) is 38.1 Å². The Bertz CT molecular complexity index is 406. The quantitative estimate of drug-likeness (QED) is 0.828. The van der Waals surface area contributed by atoms with Crippen LogP contribution in [0.15, 0.2) is 24.3 Å². The molecular weight excluding hydrogens is 248 g/mol. The van der Waals surface area contributed by atoms with Crippen LogP contribution in [-0.2, 0) is 17.8 Å². The summed E-state index contributed by atoms with van der Waals surface area (Å²) in [6.45, 7) is 9.78. The van der Waals surface area contributed by atoms with Gasteiger partial charge in [-0.15, -0.1) is 0 Å². The van der Waals surface area contributed by atoms with Crippen LogP contribution in [0.3, 0.4) is 0 Å². The molecule has 1 aromatic carbocycles. The zero-order valence-corrected chi connectivity index (χ0v) is 13.1. The van der Waals surface area contributed by atoms with E-state index < -0.39 is 0 Å². The Morgan fingerprint density at radius 2 is 2.05 bits per heavy atom. The fraction of sp³-hybridized carbons (Fsp3) is 0.647. The van der Waals surface area contributed by atoms with Crippen LogP contribution < -0.4 is 5.32 Å². The summed E-state index contributed by atoms with van der Waals surface area (Å²) in [5, 5.41) is 3.54. The Balaban J connectivity index is 1.90. The van der Waals surface area contributed by atoms with Gasteiger partial charge < -0.3 is 10.1 Å². The smallest absolute Gasteiger partial charge is 0.0710 e. The SMILES string of the molecule is COC1CCN(Cc2ccccc2CNCC(C)C)C1. The first kappa shape index (κ1) is 15.5. The Morgan fingerprint density at radius 3 is 2.70 bits per heavy atom. The van der Waals surface area contributed by atoms with Gasteiger partial charge in [0.2, 0.25) is 0 Å². The molecule has 1 fully saturated rings. The van der Waals surface area contributed by atoms with E-state index in [2.05, 4.69) is 48.3 Å². The van der Waals surface area contributed by atoms with Crippen molar-refractivity contribution in [2.24, 2.45) is 5.92 Å². The van der Waals surface area contributed by atoms with E-state index in [0.29, 0.717) is 12.0 Å². The molecule has 3 heteroatoms. The summed E-state index contributed by atoms with van der Waals surface area (Å²) in [6.07, 6.45) is 1.57. The maximum Gasteiger partial charge on any atom is 0.0710 e. The molecule has 0 amide bonds. The minimum Gasteiger partial charge on any atom is -0.380 e. The van der Waals surface area contributed by atoms with E-state index in [4.69, 9.17) is 4.74 Å². The predicted octanol–water partition coefficient (Wildman–Crippen LogP) is 2.65. The molecule has 1 N–H and O–H groups in total. The first-order valence-electron chi connectivity index (χ1n) is 7.71. The molecule has 0 aliphatic carbocycles. The van der Waals surface area contributed by atoms with Gasteiger partial charge in [0, 0.05) is 33.3 Å². The molecule has 112 valence electrons.